The van der Waals surface area contributed by atoms with E-state index in [1.54, 1.807) is 0 Å². The van der Waals surface area contributed by atoms with Gasteiger partial charge in [-0.05, 0) is 39.6 Å². The lowest BCUT2D eigenvalue weighted by Crippen LogP contribution is -2.28. The van der Waals surface area contributed by atoms with Crippen LogP contribution in [-0.2, 0) is 22.6 Å². The van der Waals surface area contributed by atoms with E-state index >= 15 is 0 Å². The predicted molar refractivity (Wildman–Crippen MR) is 94.4 cm³/mol. The number of hydrogen-bond donors (Lipinski definition) is 0. The Kier molecular flexibility index (Phi) is 3.79. The lowest BCUT2D eigenvalue weighted by atomic mass is 9.99. The first kappa shape index (κ1) is 14.9. The maximum Gasteiger partial charge on any atom is 0.327 e. The van der Waals surface area contributed by atoms with Crippen LogP contribution in [0.4, 0.5) is 0 Å². The second-order valence-corrected chi connectivity index (χ2v) is 6.21. The molecule has 0 amide bonds. The fraction of sp³-hybridized carbons (Fsp3) is 0.190. The number of benzene rings is 3. The van der Waals surface area contributed by atoms with Crippen LogP contribution in [0.25, 0.3) is 10.8 Å². The fourth-order valence-electron chi connectivity index (χ4n) is 3.56. The molecule has 3 heteroatoms. The standard InChI is InChI=1S/C21H19NO2/c1-24-21(23)20-19-12-17-10-6-5-9-16(17)11-18(19)14-22(20)13-15-7-3-2-4-8-15/h2-12,20H,13-14H2,1H3. The van der Waals surface area contributed by atoms with Gasteiger partial charge in [0, 0.05) is 13.1 Å². The highest BCUT2D eigenvalue weighted by Crippen LogP contribution is 2.38. The zero-order chi connectivity index (χ0) is 16.5. The van der Waals surface area contributed by atoms with E-state index in [1.807, 2.05) is 30.3 Å². The van der Waals surface area contributed by atoms with E-state index in [0.29, 0.717) is 0 Å². The number of hydrogen-bond acceptors (Lipinski definition) is 3. The Morgan fingerprint density at radius 2 is 1.71 bits per heavy atom. The lowest BCUT2D eigenvalue weighted by molar-refractivity contribution is -0.147. The van der Waals surface area contributed by atoms with Crippen molar-refractivity contribution in [3.8, 4) is 0 Å². The second-order valence-electron chi connectivity index (χ2n) is 6.21. The Bertz CT molecular complexity index is 889. The predicted octanol–water partition coefficient (Wildman–Crippen LogP) is 4.07. The maximum atomic E-state index is 12.4. The molecule has 3 nitrogen and oxygen atoms in total. The molecule has 3 aromatic rings. The second kappa shape index (κ2) is 6.10. The minimum Gasteiger partial charge on any atom is -0.468 e. The van der Waals surface area contributed by atoms with Gasteiger partial charge in [-0.1, -0.05) is 54.6 Å². The Balaban J connectivity index is 1.75. The average Bonchev–Trinajstić information content (AvgIpc) is 2.96. The molecule has 0 bridgehead atoms. The Labute approximate surface area is 141 Å². The van der Waals surface area contributed by atoms with Crippen molar-refractivity contribution in [2.75, 3.05) is 7.11 Å². The molecule has 0 radical (unpaired) electrons. The number of carbonyl (C=O) groups is 1. The Hall–Kier alpha value is -2.65. The quantitative estimate of drug-likeness (QED) is 0.682. The molecule has 1 aliphatic rings. The molecule has 120 valence electrons. The van der Waals surface area contributed by atoms with Crippen molar-refractivity contribution in [1.82, 2.24) is 4.90 Å². The highest BCUT2D eigenvalue weighted by molar-refractivity contribution is 5.87. The van der Waals surface area contributed by atoms with Crippen molar-refractivity contribution >= 4 is 16.7 Å². The SMILES string of the molecule is COC(=O)C1c2cc3ccccc3cc2CN1Cc1ccccc1. The van der Waals surface area contributed by atoms with Crippen LogP contribution in [0.5, 0.6) is 0 Å². The van der Waals surface area contributed by atoms with E-state index in [2.05, 4.69) is 41.3 Å². The van der Waals surface area contributed by atoms with Gasteiger partial charge in [0.15, 0.2) is 0 Å². The van der Waals surface area contributed by atoms with Crippen molar-refractivity contribution in [3.63, 3.8) is 0 Å². The summed E-state index contributed by atoms with van der Waals surface area (Å²) in [5.41, 5.74) is 3.47. The van der Waals surface area contributed by atoms with E-state index in [4.69, 9.17) is 4.74 Å². The number of carbonyl (C=O) groups excluding carboxylic acids is 1. The summed E-state index contributed by atoms with van der Waals surface area (Å²) in [7, 11) is 1.46. The van der Waals surface area contributed by atoms with Crippen molar-refractivity contribution in [2.24, 2.45) is 0 Å². The summed E-state index contributed by atoms with van der Waals surface area (Å²) >= 11 is 0. The molecular weight excluding hydrogens is 298 g/mol. The minimum atomic E-state index is -0.338. The molecule has 24 heavy (non-hydrogen) atoms. The van der Waals surface area contributed by atoms with Crippen molar-refractivity contribution in [1.29, 1.82) is 0 Å². The first-order valence-electron chi connectivity index (χ1n) is 8.13. The van der Waals surface area contributed by atoms with Gasteiger partial charge in [-0.25, -0.2) is 4.79 Å². The van der Waals surface area contributed by atoms with Crippen LogP contribution in [0, 0.1) is 0 Å². The normalized spacial score (nSPS) is 17.0. The molecule has 4 rings (SSSR count). The van der Waals surface area contributed by atoms with Gasteiger partial charge in [-0.15, -0.1) is 0 Å². The number of fused-ring (bicyclic) bond motifs is 2. The number of ether oxygens (including phenoxy) is 1. The fourth-order valence-corrected chi connectivity index (χ4v) is 3.56. The zero-order valence-electron chi connectivity index (χ0n) is 13.6. The van der Waals surface area contributed by atoms with Gasteiger partial charge in [0.05, 0.1) is 7.11 Å². The highest BCUT2D eigenvalue weighted by atomic mass is 16.5. The summed E-state index contributed by atoms with van der Waals surface area (Å²) in [4.78, 5) is 14.6. The van der Waals surface area contributed by atoms with Gasteiger partial charge in [-0.2, -0.15) is 0 Å². The molecule has 0 aliphatic carbocycles. The summed E-state index contributed by atoms with van der Waals surface area (Å²) in [6.45, 7) is 1.49. The van der Waals surface area contributed by atoms with Gasteiger partial charge in [0.25, 0.3) is 0 Å². The van der Waals surface area contributed by atoms with Gasteiger partial charge >= 0.3 is 5.97 Å². The van der Waals surface area contributed by atoms with Crippen LogP contribution in [0.15, 0.2) is 66.7 Å². The monoisotopic (exact) mass is 317 g/mol. The molecule has 1 aliphatic heterocycles. The van der Waals surface area contributed by atoms with Gasteiger partial charge < -0.3 is 4.74 Å². The molecule has 0 N–H and O–H groups in total. The van der Waals surface area contributed by atoms with Gasteiger partial charge in [0.1, 0.15) is 6.04 Å². The molecule has 3 aromatic carbocycles. The van der Waals surface area contributed by atoms with Crippen LogP contribution >= 0.6 is 0 Å². The topological polar surface area (TPSA) is 29.5 Å². The third kappa shape index (κ3) is 2.57. The summed E-state index contributed by atoms with van der Waals surface area (Å²) in [6, 6.07) is 22.5. The number of methoxy groups -OCH3 is 1. The van der Waals surface area contributed by atoms with Crippen molar-refractivity contribution < 1.29 is 9.53 Å². The molecule has 1 atom stereocenters. The third-order valence-corrected chi connectivity index (χ3v) is 4.69. The summed E-state index contributed by atoms with van der Waals surface area (Å²) in [5, 5.41) is 2.37. The van der Waals surface area contributed by atoms with Crippen LogP contribution < -0.4 is 0 Å². The first-order valence-corrected chi connectivity index (χ1v) is 8.13. The van der Waals surface area contributed by atoms with Crippen LogP contribution in [-0.4, -0.2) is 18.0 Å². The minimum absolute atomic E-state index is 0.194. The molecule has 0 fully saturated rings. The molecular formula is C21H19NO2. The van der Waals surface area contributed by atoms with E-state index in [1.165, 1.54) is 23.6 Å². The van der Waals surface area contributed by atoms with Crippen LogP contribution in [0.1, 0.15) is 22.7 Å². The van der Waals surface area contributed by atoms with E-state index in [-0.39, 0.29) is 12.0 Å². The van der Waals surface area contributed by atoms with E-state index < -0.39 is 0 Å². The summed E-state index contributed by atoms with van der Waals surface area (Å²) < 4.78 is 5.09. The maximum absolute atomic E-state index is 12.4. The molecule has 1 unspecified atom stereocenters. The molecule has 0 saturated carbocycles. The smallest absolute Gasteiger partial charge is 0.327 e. The van der Waals surface area contributed by atoms with E-state index in [9.17, 15) is 4.79 Å². The van der Waals surface area contributed by atoms with Crippen molar-refractivity contribution in [2.45, 2.75) is 19.1 Å². The number of esters is 1. The summed E-state index contributed by atoms with van der Waals surface area (Å²) in [6.07, 6.45) is 0. The highest BCUT2D eigenvalue weighted by Gasteiger charge is 2.36. The average molecular weight is 317 g/mol. The third-order valence-electron chi connectivity index (χ3n) is 4.69. The van der Waals surface area contributed by atoms with Crippen LogP contribution in [0.3, 0.4) is 0 Å². The Morgan fingerprint density at radius 1 is 1.04 bits per heavy atom. The Morgan fingerprint density at radius 3 is 2.42 bits per heavy atom. The van der Waals surface area contributed by atoms with Crippen molar-refractivity contribution in [3.05, 3.63) is 83.4 Å². The largest absolute Gasteiger partial charge is 0.468 e. The summed E-state index contributed by atoms with van der Waals surface area (Å²) in [5.74, 6) is -0.194. The van der Waals surface area contributed by atoms with Crippen LogP contribution in [0.2, 0.25) is 0 Å². The molecule has 0 spiro atoms. The van der Waals surface area contributed by atoms with Gasteiger partial charge in [-0.3, -0.25) is 4.90 Å². The zero-order valence-corrected chi connectivity index (χ0v) is 13.6. The molecule has 0 saturated heterocycles. The number of rotatable bonds is 3. The first-order chi connectivity index (χ1) is 11.8. The molecule has 0 aromatic heterocycles. The lowest BCUT2D eigenvalue weighted by Gasteiger charge is -2.23. The molecule has 1 heterocycles. The number of nitrogens with zero attached hydrogens (tertiary/aromatic N) is 1. The van der Waals surface area contributed by atoms with E-state index in [0.717, 1.165) is 24.0 Å². The van der Waals surface area contributed by atoms with Gasteiger partial charge in [0.2, 0.25) is 0 Å².